The maximum Gasteiger partial charge on any atom is 0.276 e. The molecule has 0 aromatic heterocycles. The van der Waals surface area contributed by atoms with Crippen molar-refractivity contribution in [2.45, 2.75) is 65.2 Å². The molecule has 9 heteroatoms. The van der Waals surface area contributed by atoms with Gasteiger partial charge in [-0.05, 0) is 81.9 Å². The van der Waals surface area contributed by atoms with E-state index in [0.29, 0.717) is 17.9 Å². The van der Waals surface area contributed by atoms with Crippen LogP contribution in [0.5, 0.6) is 11.5 Å². The molecule has 0 radical (unpaired) electrons. The van der Waals surface area contributed by atoms with E-state index in [1.54, 1.807) is 24.3 Å². The smallest absolute Gasteiger partial charge is 0.276 e. The molecule has 0 fully saturated rings. The molecule has 2 rings (SSSR count). The first-order chi connectivity index (χ1) is 17.1. The van der Waals surface area contributed by atoms with Gasteiger partial charge in [0.15, 0.2) is 11.7 Å². The SMILES string of the molecule is CCCCCCCOc1ccc(C(=O)NC(=S)NNC(=O)COc2ccc(C(C)(C)C)cc2Br)cc1. The Bertz CT molecular complexity index is 1020. The van der Waals surface area contributed by atoms with Crippen LogP contribution in [0, 0.1) is 0 Å². The van der Waals surface area contributed by atoms with E-state index in [9.17, 15) is 9.59 Å². The van der Waals surface area contributed by atoms with Crippen molar-refractivity contribution in [1.82, 2.24) is 16.2 Å². The summed E-state index contributed by atoms with van der Waals surface area (Å²) in [6, 6.07) is 12.6. The zero-order chi connectivity index (χ0) is 26.6. The van der Waals surface area contributed by atoms with Crippen LogP contribution < -0.4 is 25.6 Å². The van der Waals surface area contributed by atoms with E-state index in [4.69, 9.17) is 21.7 Å². The second-order valence-corrected chi connectivity index (χ2v) is 10.7. The number of hydrogen-bond donors (Lipinski definition) is 3. The predicted octanol–water partition coefficient (Wildman–Crippen LogP) is 5.81. The Balaban J connectivity index is 1.70. The van der Waals surface area contributed by atoms with Gasteiger partial charge in [-0.25, -0.2) is 0 Å². The molecule has 0 saturated carbocycles. The number of nitrogens with one attached hydrogen (secondary N) is 3. The number of halogens is 1. The molecule has 0 saturated heterocycles. The standard InChI is InChI=1S/C27H36BrN3O4S/c1-5-6-7-8-9-16-34-21-13-10-19(11-14-21)25(33)29-26(36)31-30-24(32)18-35-23-15-12-20(17-22(23)28)27(2,3)4/h10-15,17H,5-9,16,18H2,1-4H3,(H,30,32)(H2,29,31,33,36). The highest BCUT2D eigenvalue weighted by atomic mass is 79.9. The third-order valence-corrected chi connectivity index (χ3v) is 6.16. The number of carbonyl (C=O) groups excluding carboxylic acids is 2. The van der Waals surface area contributed by atoms with E-state index in [1.165, 1.54) is 19.3 Å². The summed E-state index contributed by atoms with van der Waals surface area (Å²) in [6.07, 6.45) is 5.87. The van der Waals surface area contributed by atoms with Crippen LogP contribution in [0.4, 0.5) is 0 Å². The van der Waals surface area contributed by atoms with E-state index in [2.05, 4.69) is 59.8 Å². The van der Waals surface area contributed by atoms with Crippen molar-refractivity contribution in [3.8, 4) is 11.5 Å². The molecular weight excluding hydrogens is 542 g/mol. The Morgan fingerprint density at radius 3 is 2.28 bits per heavy atom. The number of ether oxygens (including phenoxy) is 2. The van der Waals surface area contributed by atoms with Gasteiger partial charge >= 0.3 is 0 Å². The first-order valence-electron chi connectivity index (χ1n) is 12.2. The summed E-state index contributed by atoms with van der Waals surface area (Å²) < 4.78 is 12.1. The summed E-state index contributed by atoms with van der Waals surface area (Å²) in [5, 5.41) is 2.49. The fourth-order valence-electron chi connectivity index (χ4n) is 3.19. The molecule has 0 aliphatic heterocycles. The van der Waals surface area contributed by atoms with Gasteiger partial charge in [-0.1, -0.05) is 59.4 Å². The van der Waals surface area contributed by atoms with Crippen molar-refractivity contribution in [2.75, 3.05) is 13.2 Å². The van der Waals surface area contributed by atoms with Gasteiger partial charge < -0.3 is 9.47 Å². The molecule has 7 nitrogen and oxygen atoms in total. The second kappa shape index (κ2) is 14.8. The largest absolute Gasteiger partial charge is 0.494 e. The van der Waals surface area contributed by atoms with E-state index in [-0.39, 0.29) is 17.1 Å². The highest BCUT2D eigenvalue weighted by Crippen LogP contribution is 2.31. The minimum absolute atomic E-state index is 0.00580. The monoisotopic (exact) mass is 577 g/mol. The molecule has 196 valence electrons. The minimum Gasteiger partial charge on any atom is -0.494 e. The average Bonchev–Trinajstić information content (AvgIpc) is 2.83. The molecule has 0 unspecified atom stereocenters. The maximum atomic E-state index is 12.4. The van der Waals surface area contributed by atoms with Gasteiger partial charge in [0.2, 0.25) is 0 Å². The Morgan fingerprint density at radius 1 is 0.944 bits per heavy atom. The first kappa shape index (κ1) is 29.6. The van der Waals surface area contributed by atoms with Crippen LogP contribution in [0.25, 0.3) is 0 Å². The van der Waals surface area contributed by atoms with Crippen LogP contribution in [0.1, 0.15) is 75.7 Å². The van der Waals surface area contributed by atoms with Gasteiger partial charge in [0.05, 0.1) is 11.1 Å². The zero-order valence-electron chi connectivity index (χ0n) is 21.4. The van der Waals surface area contributed by atoms with Gasteiger partial charge in [-0.15, -0.1) is 0 Å². The third kappa shape index (κ3) is 10.5. The molecule has 0 aliphatic rings. The number of hydrazine groups is 1. The lowest BCUT2D eigenvalue weighted by molar-refractivity contribution is -0.123. The van der Waals surface area contributed by atoms with Crippen LogP contribution in [-0.4, -0.2) is 30.1 Å². The van der Waals surface area contributed by atoms with E-state index in [1.807, 2.05) is 18.2 Å². The summed E-state index contributed by atoms with van der Waals surface area (Å²) >= 11 is 8.57. The molecule has 2 aromatic rings. The second-order valence-electron chi connectivity index (χ2n) is 9.43. The highest BCUT2D eigenvalue weighted by molar-refractivity contribution is 9.10. The third-order valence-electron chi connectivity index (χ3n) is 5.33. The lowest BCUT2D eigenvalue weighted by Gasteiger charge is -2.20. The van der Waals surface area contributed by atoms with Gasteiger partial charge in [0.25, 0.3) is 11.8 Å². The van der Waals surface area contributed by atoms with Gasteiger partial charge in [-0.2, -0.15) is 0 Å². The maximum absolute atomic E-state index is 12.4. The molecule has 2 amide bonds. The molecule has 2 aromatic carbocycles. The number of amides is 2. The molecular formula is C27H36BrN3O4S. The number of hydrogen-bond acceptors (Lipinski definition) is 5. The number of thiocarbonyl (C=S) groups is 1. The Morgan fingerprint density at radius 2 is 1.64 bits per heavy atom. The van der Waals surface area contributed by atoms with E-state index >= 15 is 0 Å². The fourth-order valence-corrected chi connectivity index (χ4v) is 3.83. The highest BCUT2D eigenvalue weighted by Gasteiger charge is 2.16. The number of unbranched alkanes of at least 4 members (excludes halogenated alkanes) is 4. The van der Waals surface area contributed by atoms with E-state index in [0.717, 1.165) is 28.6 Å². The molecule has 0 spiro atoms. The molecule has 0 aliphatic carbocycles. The summed E-state index contributed by atoms with van der Waals surface area (Å²) in [7, 11) is 0. The summed E-state index contributed by atoms with van der Waals surface area (Å²) in [5.74, 6) is 0.425. The van der Waals surface area contributed by atoms with Crippen molar-refractivity contribution in [1.29, 1.82) is 0 Å². The topological polar surface area (TPSA) is 88.7 Å². The van der Waals surface area contributed by atoms with Crippen LogP contribution >= 0.6 is 28.1 Å². The molecule has 36 heavy (non-hydrogen) atoms. The average molecular weight is 579 g/mol. The van der Waals surface area contributed by atoms with Crippen LogP contribution in [-0.2, 0) is 10.2 Å². The lowest BCUT2D eigenvalue weighted by Crippen LogP contribution is -2.49. The van der Waals surface area contributed by atoms with Crippen molar-refractivity contribution in [3.05, 3.63) is 58.1 Å². The van der Waals surface area contributed by atoms with Gasteiger partial charge in [0, 0.05) is 5.56 Å². The summed E-state index contributed by atoms with van der Waals surface area (Å²) in [4.78, 5) is 24.5. The molecule has 0 heterocycles. The van der Waals surface area contributed by atoms with Crippen molar-refractivity contribution >= 4 is 45.1 Å². The summed E-state index contributed by atoms with van der Waals surface area (Å²) in [5.41, 5.74) is 6.49. The Labute approximate surface area is 227 Å². The van der Waals surface area contributed by atoms with Crippen molar-refractivity contribution in [3.63, 3.8) is 0 Å². The van der Waals surface area contributed by atoms with Crippen LogP contribution in [0.3, 0.4) is 0 Å². The van der Waals surface area contributed by atoms with E-state index < -0.39 is 11.8 Å². The fraction of sp³-hybridized carbons (Fsp3) is 0.444. The van der Waals surface area contributed by atoms with Gasteiger partial charge in [-0.3, -0.25) is 25.8 Å². The number of rotatable bonds is 11. The number of benzene rings is 2. The molecule has 3 N–H and O–H groups in total. The Kier molecular flexibility index (Phi) is 12.2. The quantitative estimate of drug-likeness (QED) is 0.177. The van der Waals surface area contributed by atoms with Crippen LogP contribution in [0.15, 0.2) is 46.9 Å². The zero-order valence-corrected chi connectivity index (χ0v) is 23.8. The van der Waals surface area contributed by atoms with Crippen molar-refractivity contribution < 1.29 is 19.1 Å². The minimum atomic E-state index is -0.449. The van der Waals surface area contributed by atoms with Gasteiger partial charge in [0.1, 0.15) is 11.5 Å². The molecule has 0 atom stereocenters. The molecule has 0 bridgehead atoms. The van der Waals surface area contributed by atoms with Crippen molar-refractivity contribution in [2.24, 2.45) is 0 Å². The summed E-state index contributed by atoms with van der Waals surface area (Å²) in [6.45, 7) is 8.99. The predicted molar refractivity (Wildman–Crippen MR) is 150 cm³/mol. The van der Waals surface area contributed by atoms with Crippen LogP contribution in [0.2, 0.25) is 0 Å². The normalized spacial score (nSPS) is 10.9. The lowest BCUT2D eigenvalue weighted by atomic mass is 9.87. The number of carbonyl (C=O) groups is 2. The Hall–Kier alpha value is -2.65. The first-order valence-corrected chi connectivity index (χ1v) is 13.4.